The van der Waals surface area contributed by atoms with Crippen LogP contribution in [0, 0.1) is 17.1 Å². The molecule has 0 aliphatic carbocycles. The zero-order valence-electron chi connectivity index (χ0n) is 18.4. The fourth-order valence-electron chi connectivity index (χ4n) is 4.32. The number of halogens is 2. The van der Waals surface area contributed by atoms with E-state index in [1.165, 1.54) is 12.1 Å². The number of rotatable bonds is 3. The lowest BCUT2D eigenvalue weighted by molar-refractivity contribution is 0.0703. The number of piperidine rings is 1. The van der Waals surface area contributed by atoms with Crippen LogP contribution in [0.25, 0.3) is 28.0 Å². The maximum atomic E-state index is 14.5. The second-order valence-corrected chi connectivity index (χ2v) is 8.77. The summed E-state index contributed by atoms with van der Waals surface area (Å²) in [5, 5.41) is 14.6. The van der Waals surface area contributed by atoms with Crippen LogP contribution >= 0.6 is 11.6 Å². The van der Waals surface area contributed by atoms with Gasteiger partial charge in [-0.1, -0.05) is 11.6 Å². The maximum absolute atomic E-state index is 14.5. The fraction of sp³-hybridized carbons (Fsp3) is 0.250. The van der Waals surface area contributed by atoms with E-state index in [0.717, 1.165) is 23.7 Å². The van der Waals surface area contributed by atoms with Crippen molar-refractivity contribution in [3.05, 3.63) is 64.8 Å². The first-order valence-corrected chi connectivity index (χ1v) is 11.2. The number of nitrogens with two attached hydrogens (primary N) is 1. The van der Waals surface area contributed by atoms with Gasteiger partial charge in [-0.25, -0.2) is 9.37 Å². The quantitative estimate of drug-likeness (QED) is 0.484. The molecule has 1 amide bonds. The van der Waals surface area contributed by atoms with Gasteiger partial charge in [0, 0.05) is 43.3 Å². The molecule has 1 saturated heterocycles. The van der Waals surface area contributed by atoms with Crippen molar-refractivity contribution in [3.63, 3.8) is 0 Å². The van der Waals surface area contributed by atoms with Crippen molar-refractivity contribution in [1.29, 1.82) is 5.26 Å². The average molecular weight is 478 g/mol. The van der Waals surface area contributed by atoms with Gasteiger partial charge in [-0.3, -0.25) is 14.0 Å². The van der Waals surface area contributed by atoms with Crippen LogP contribution in [0.15, 0.2) is 42.6 Å². The minimum absolute atomic E-state index is 0.0663. The number of hydrogen-bond acceptors (Lipinski definition) is 5. The Kier molecular flexibility index (Phi) is 5.55. The Balaban J connectivity index is 1.68. The van der Waals surface area contributed by atoms with Gasteiger partial charge in [0.05, 0.1) is 16.8 Å². The molecule has 0 unspecified atom stereocenters. The lowest BCUT2D eigenvalue weighted by Crippen LogP contribution is -2.45. The van der Waals surface area contributed by atoms with Crippen LogP contribution in [0.5, 0.6) is 0 Å². The number of likely N-dealkylation sites (tertiary alicyclic amines) is 1. The van der Waals surface area contributed by atoms with Gasteiger partial charge in [0.1, 0.15) is 22.9 Å². The van der Waals surface area contributed by atoms with Crippen LogP contribution < -0.4 is 5.73 Å². The molecule has 1 aliphatic rings. The molecule has 0 bridgehead atoms. The van der Waals surface area contributed by atoms with Crippen LogP contribution in [-0.2, 0) is 7.05 Å². The topological polar surface area (TPSA) is 106 Å². The Morgan fingerprint density at radius 2 is 2.12 bits per heavy atom. The highest BCUT2D eigenvalue weighted by molar-refractivity contribution is 6.33. The smallest absolute Gasteiger partial charge is 0.275 e. The fourth-order valence-corrected chi connectivity index (χ4v) is 4.62. The monoisotopic (exact) mass is 477 g/mol. The van der Waals surface area contributed by atoms with E-state index in [2.05, 4.69) is 10.1 Å². The molecule has 2 N–H and O–H groups in total. The van der Waals surface area contributed by atoms with Crippen molar-refractivity contribution >= 4 is 28.4 Å². The normalized spacial score (nSPS) is 16.1. The Bertz CT molecular complexity index is 1470. The number of aromatic nitrogens is 4. The molecule has 1 aliphatic heterocycles. The lowest BCUT2D eigenvalue weighted by atomic mass is 10.1. The molecule has 172 valence electrons. The van der Waals surface area contributed by atoms with Crippen molar-refractivity contribution in [3.8, 4) is 23.1 Å². The summed E-state index contributed by atoms with van der Waals surface area (Å²) in [5.74, 6) is -0.720. The second-order valence-electron chi connectivity index (χ2n) is 8.42. The first kappa shape index (κ1) is 22.1. The third-order valence-electron chi connectivity index (χ3n) is 5.98. The van der Waals surface area contributed by atoms with Gasteiger partial charge in [-0.15, -0.1) is 0 Å². The maximum Gasteiger partial charge on any atom is 0.275 e. The molecule has 0 radical (unpaired) electrons. The van der Waals surface area contributed by atoms with Gasteiger partial charge in [-0.2, -0.15) is 10.4 Å². The van der Waals surface area contributed by atoms with E-state index in [-0.39, 0.29) is 34.2 Å². The molecule has 4 aromatic rings. The van der Waals surface area contributed by atoms with Gasteiger partial charge < -0.3 is 10.6 Å². The molecule has 0 saturated carbocycles. The molecule has 1 atom stereocenters. The van der Waals surface area contributed by atoms with E-state index in [4.69, 9.17) is 22.6 Å². The summed E-state index contributed by atoms with van der Waals surface area (Å²) in [6.45, 7) is 0.985. The Morgan fingerprint density at radius 3 is 2.85 bits per heavy atom. The van der Waals surface area contributed by atoms with Gasteiger partial charge in [-0.05, 0) is 49.2 Å². The van der Waals surface area contributed by atoms with Crippen molar-refractivity contribution in [1.82, 2.24) is 24.2 Å². The predicted octanol–water partition coefficient (Wildman–Crippen LogP) is 3.65. The Labute approximate surface area is 200 Å². The second kappa shape index (κ2) is 8.56. The summed E-state index contributed by atoms with van der Waals surface area (Å²) < 4.78 is 17.8. The molecule has 2 aromatic heterocycles. The summed E-state index contributed by atoms with van der Waals surface area (Å²) in [5.41, 5.74) is 7.79. The number of nitriles is 1. The summed E-state index contributed by atoms with van der Waals surface area (Å²) in [4.78, 5) is 19.6. The summed E-state index contributed by atoms with van der Waals surface area (Å²) in [6, 6.07) is 11.5. The molecule has 34 heavy (non-hydrogen) atoms. The van der Waals surface area contributed by atoms with E-state index < -0.39 is 5.82 Å². The van der Waals surface area contributed by atoms with Gasteiger partial charge in [0.25, 0.3) is 5.91 Å². The third-order valence-corrected chi connectivity index (χ3v) is 6.33. The number of carbonyl (C=O) groups excluding carboxylic acids is 1. The van der Waals surface area contributed by atoms with E-state index in [9.17, 15) is 9.18 Å². The van der Waals surface area contributed by atoms with E-state index in [1.54, 1.807) is 20.2 Å². The van der Waals surface area contributed by atoms with E-state index >= 15 is 0 Å². The van der Waals surface area contributed by atoms with Gasteiger partial charge in [0.15, 0.2) is 5.69 Å². The summed E-state index contributed by atoms with van der Waals surface area (Å²) in [7, 11) is 1.83. The van der Waals surface area contributed by atoms with Gasteiger partial charge in [0.2, 0.25) is 0 Å². The number of benzene rings is 2. The molecule has 0 spiro atoms. The molecule has 1 fully saturated rings. The highest BCUT2D eigenvalue weighted by Gasteiger charge is 2.29. The zero-order chi connectivity index (χ0) is 24.0. The highest BCUT2D eigenvalue weighted by Crippen LogP contribution is 2.33. The minimum atomic E-state index is -0.680. The molecule has 10 heteroatoms. The number of nitrogens with zero attached hydrogens (tertiary/aromatic N) is 6. The summed E-state index contributed by atoms with van der Waals surface area (Å²) in [6.07, 6.45) is 3.54. The van der Waals surface area contributed by atoms with Crippen LogP contribution in [0.2, 0.25) is 5.15 Å². The molecule has 2 aromatic carbocycles. The molecule has 5 rings (SSSR count). The third kappa shape index (κ3) is 3.81. The predicted molar refractivity (Wildman–Crippen MR) is 126 cm³/mol. The molecule has 3 heterocycles. The van der Waals surface area contributed by atoms with E-state index in [1.807, 2.05) is 37.5 Å². The van der Waals surface area contributed by atoms with Crippen LogP contribution in [0.1, 0.15) is 28.9 Å². The van der Waals surface area contributed by atoms with Gasteiger partial charge >= 0.3 is 0 Å². The van der Waals surface area contributed by atoms with Crippen molar-refractivity contribution in [2.45, 2.75) is 18.9 Å². The van der Waals surface area contributed by atoms with Crippen LogP contribution in [0.3, 0.4) is 0 Å². The highest BCUT2D eigenvalue weighted by atomic mass is 35.5. The number of aryl methyl sites for hydroxylation is 1. The largest absolute Gasteiger partial charge is 0.336 e. The average Bonchev–Trinajstić information content (AvgIpc) is 3.36. The first-order chi connectivity index (χ1) is 16.4. The summed E-state index contributed by atoms with van der Waals surface area (Å²) >= 11 is 6.77. The Morgan fingerprint density at radius 1 is 1.29 bits per heavy atom. The SMILES string of the molecule is Cn1cc2ccc(-n3c(-c4ccc(C#N)c(F)c4)nc(C(=O)N4CCC[C@@H](N)C4)c3Cl)cc2n1. The van der Waals surface area contributed by atoms with Crippen molar-refractivity contribution in [2.75, 3.05) is 13.1 Å². The molecule has 8 nitrogen and oxygen atoms in total. The molecular formula is C24H21ClFN7O. The van der Waals surface area contributed by atoms with Crippen molar-refractivity contribution < 1.29 is 9.18 Å². The number of amides is 1. The number of hydrogen-bond donors (Lipinski definition) is 1. The van der Waals surface area contributed by atoms with E-state index in [0.29, 0.717) is 24.3 Å². The standard InChI is InChI=1S/C24H21ClFN7O/c1-31-12-16-6-7-18(10-20(16)30-31)33-22(25)21(24(34)32-8-2-3-17(28)13-32)29-23(33)14-4-5-15(11-27)19(26)9-14/h4-7,9-10,12,17H,2-3,8,13,28H2,1H3/t17-/m1/s1. The van der Waals surface area contributed by atoms with Crippen LogP contribution in [-0.4, -0.2) is 49.3 Å². The number of carbonyl (C=O) groups is 1. The van der Waals surface area contributed by atoms with Crippen molar-refractivity contribution in [2.24, 2.45) is 12.8 Å². The lowest BCUT2D eigenvalue weighted by Gasteiger charge is -2.30. The Hall–Kier alpha value is -3.74. The molecular weight excluding hydrogens is 457 g/mol. The van der Waals surface area contributed by atoms with Crippen LogP contribution in [0.4, 0.5) is 4.39 Å². The number of fused-ring (bicyclic) bond motifs is 1. The first-order valence-electron chi connectivity index (χ1n) is 10.8. The zero-order valence-corrected chi connectivity index (χ0v) is 19.1. The number of imidazole rings is 1. The minimum Gasteiger partial charge on any atom is -0.336 e.